The molecule has 7 heteroatoms. The van der Waals surface area contributed by atoms with Crippen LogP contribution >= 0.6 is 22.6 Å². The summed E-state index contributed by atoms with van der Waals surface area (Å²) in [5.41, 5.74) is 5.10. The molecule has 0 aliphatic heterocycles. The van der Waals surface area contributed by atoms with Crippen molar-refractivity contribution in [1.82, 2.24) is 9.97 Å². The van der Waals surface area contributed by atoms with Crippen molar-refractivity contribution in [2.45, 2.75) is 31.7 Å². The highest BCUT2D eigenvalue weighted by Gasteiger charge is 2.26. The molecular formula is C11H15IN4O2. The molecule has 1 saturated carbocycles. The Morgan fingerprint density at radius 2 is 2.22 bits per heavy atom. The molecule has 1 aliphatic rings. The predicted octanol–water partition coefficient (Wildman–Crippen LogP) is 0.609. The van der Waals surface area contributed by atoms with Gasteiger partial charge in [0, 0.05) is 6.04 Å². The van der Waals surface area contributed by atoms with Crippen LogP contribution in [0.15, 0.2) is 11.1 Å². The van der Waals surface area contributed by atoms with Gasteiger partial charge in [0.25, 0.3) is 5.56 Å². The highest BCUT2D eigenvalue weighted by atomic mass is 127. The van der Waals surface area contributed by atoms with Crippen molar-refractivity contribution < 1.29 is 4.79 Å². The quantitative estimate of drug-likeness (QED) is 0.768. The summed E-state index contributed by atoms with van der Waals surface area (Å²) < 4.78 is 0.503. The van der Waals surface area contributed by atoms with Crippen LogP contribution < -0.4 is 16.2 Å². The van der Waals surface area contributed by atoms with E-state index in [1.54, 1.807) is 0 Å². The van der Waals surface area contributed by atoms with Crippen LogP contribution in [0.25, 0.3) is 0 Å². The minimum Gasteiger partial charge on any atom is -0.368 e. The molecule has 0 spiro atoms. The number of aromatic amines is 1. The van der Waals surface area contributed by atoms with Crippen LogP contribution in [0.2, 0.25) is 0 Å². The van der Waals surface area contributed by atoms with Crippen LogP contribution in [0.4, 0.5) is 5.82 Å². The first kappa shape index (κ1) is 13.3. The normalized spacial score (nSPS) is 15.8. The Morgan fingerprint density at radius 1 is 1.56 bits per heavy atom. The second kappa shape index (κ2) is 5.68. The van der Waals surface area contributed by atoms with Crippen molar-refractivity contribution in [2.75, 3.05) is 11.4 Å². The number of halogens is 1. The zero-order chi connectivity index (χ0) is 13.1. The largest absolute Gasteiger partial charge is 0.368 e. The molecule has 3 N–H and O–H groups in total. The monoisotopic (exact) mass is 362 g/mol. The summed E-state index contributed by atoms with van der Waals surface area (Å²) in [5, 5.41) is 0. The molecule has 1 aliphatic carbocycles. The minimum atomic E-state index is -0.403. The fourth-order valence-corrected chi connectivity index (χ4v) is 2.94. The first-order valence-corrected chi connectivity index (χ1v) is 6.95. The van der Waals surface area contributed by atoms with Gasteiger partial charge in [0.05, 0.1) is 12.9 Å². The molecule has 6 nitrogen and oxygen atoms in total. The molecule has 1 aromatic rings. The van der Waals surface area contributed by atoms with Crippen molar-refractivity contribution >= 4 is 34.3 Å². The lowest BCUT2D eigenvalue weighted by atomic mass is 10.2. The van der Waals surface area contributed by atoms with Crippen LogP contribution in [0, 0.1) is 3.57 Å². The third-order valence-electron chi connectivity index (χ3n) is 3.14. The number of amides is 1. The van der Waals surface area contributed by atoms with Gasteiger partial charge in [-0.15, -0.1) is 0 Å². The summed E-state index contributed by atoms with van der Waals surface area (Å²) >= 11 is 1.95. The van der Waals surface area contributed by atoms with Crippen molar-refractivity contribution in [3.05, 3.63) is 20.3 Å². The number of anilines is 1. The van der Waals surface area contributed by atoms with Gasteiger partial charge in [-0.1, -0.05) is 12.8 Å². The number of hydrogen-bond donors (Lipinski definition) is 2. The van der Waals surface area contributed by atoms with Crippen LogP contribution in [-0.4, -0.2) is 28.5 Å². The van der Waals surface area contributed by atoms with Crippen molar-refractivity contribution in [3.8, 4) is 0 Å². The highest BCUT2D eigenvalue weighted by molar-refractivity contribution is 14.1. The average Bonchev–Trinajstić information content (AvgIpc) is 2.83. The van der Waals surface area contributed by atoms with Crippen molar-refractivity contribution in [1.29, 1.82) is 0 Å². The van der Waals surface area contributed by atoms with Crippen LogP contribution in [0.1, 0.15) is 25.7 Å². The number of nitrogens with two attached hydrogens (primary N) is 1. The molecule has 1 fully saturated rings. The summed E-state index contributed by atoms with van der Waals surface area (Å²) in [6.45, 7) is 0.108. The zero-order valence-corrected chi connectivity index (χ0v) is 12.0. The molecule has 1 heterocycles. The first-order chi connectivity index (χ1) is 8.59. The average molecular weight is 362 g/mol. The number of carbonyl (C=O) groups is 1. The molecule has 0 unspecified atom stereocenters. The molecule has 0 atom stereocenters. The van der Waals surface area contributed by atoms with Gasteiger partial charge in [0.1, 0.15) is 9.39 Å². The van der Waals surface area contributed by atoms with E-state index in [0.29, 0.717) is 9.39 Å². The van der Waals surface area contributed by atoms with Crippen molar-refractivity contribution in [2.24, 2.45) is 5.73 Å². The summed E-state index contributed by atoms with van der Waals surface area (Å²) in [6, 6.07) is 0.250. The molecule has 18 heavy (non-hydrogen) atoms. The van der Waals surface area contributed by atoms with Gasteiger partial charge in [0.15, 0.2) is 0 Å². The number of carbonyl (C=O) groups excluding carboxylic acids is 1. The van der Waals surface area contributed by atoms with E-state index in [0.717, 1.165) is 25.7 Å². The van der Waals surface area contributed by atoms with Crippen LogP contribution in [0.3, 0.4) is 0 Å². The maximum Gasteiger partial charge on any atom is 0.266 e. The molecule has 1 amide bonds. The third-order valence-corrected chi connectivity index (χ3v) is 4.11. The standard InChI is InChI=1S/C11H15IN4O2/c12-9-10(14-6-15-11(9)18)16(5-8(13)17)7-3-1-2-4-7/h6-7H,1-5H2,(H2,13,17)(H,14,15,18). The van der Waals surface area contributed by atoms with E-state index in [1.807, 2.05) is 27.5 Å². The summed E-state index contributed by atoms with van der Waals surface area (Å²) in [7, 11) is 0. The molecule has 98 valence electrons. The van der Waals surface area contributed by atoms with E-state index in [-0.39, 0.29) is 18.1 Å². The van der Waals surface area contributed by atoms with Gasteiger partial charge >= 0.3 is 0 Å². The number of nitrogens with zero attached hydrogens (tertiary/aromatic N) is 2. The maximum atomic E-state index is 11.6. The number of nitrogens with one attached hydrogen (secondary N) is 1. The summed E-state index contributed by atoms with van der Waals surface area (Å²) in [4.78, 5) is 31.4. The van der Waals surface area contributed by atoms with E-state index in [2.05, 4.69) is 9.97 Å². The van der Waals surface area contributed by atoms with Gasteiger partial charge in [0.2, 0.25) is 5.91 Å². The van der Waals surface area contributed by atoms with E-state index in [4.69, 9.17) is 5.73 Å². The number of hydrogen-bond acceptors (Lipinski definition) is 4. The number of rotatable bonds is 4. The topological polar surface area (TPSA) is 92.1 Å². The van der Waals surface area contributed by atoms with E-state index in [9.17, 15) is 9.59 Å². The summed E-state index contributed by atoms with van der Waals surface area (Å²) in [6.07, 6.45) is 5.66. The Hall–Kier alpha value is -1.12. The lowest BCUT2D eigenvalue weighted by molar-refractivity contribution is -0.116. The fourth-order valence-electron chi connectivity index (χ4n) is 2.33. The first-order valence-electron chi connectivity index (χ1n) is 5.87. The Morgan fingerprint density at radius 3 is 2.83 bits per heavy atom. The highest BCUT2D eigenvalue weighted by Crippen LogP contribution is 2.28. The molecule has 0 bridgehead atoms. The maximum absolute atomic E-state index is 11.6. The molecule has 0 saturated heterocycles. The van der Waals surface area contributed by atoms with E-state index < -0.39 is 5.91 Å². The van der Waals surface area contributed by atoms with E-state index >= 15 is 0 Å². The third kappa shape index (κ3) is 2.82. The predicted molar refractivity (Wildman–Crippen MR) is 76.4 cm³/mol. The number of aromatic nitrogens is 2. The Balaban J connectivity index is 2.35. The Labute approximate surface area is 118 Å². The smallest absolute Gasteiger partial charge is 0.266 e. The molecule has 0 radical (unpaired) electrons. The van der Waals surface area contributed by atoms with Crippen LogP contribution in [0.5, 0.6) is 0 Å². The molecule has 1 aromatic heterocycles. The van der Waals surface area contributed by atoms with Crippen LogP contribution in [-0.2, 0) is 4.79 Å². The van der Waals surface area contributed by atoms with Gasteiger partial charge in [-0.3, -0.25) is 9.59 Å². The second-order valence-electron chi connectivity index (χ2n) is 4.40. The molecule has 0 aromatic carbocycles. The molecule has 2 rings (SSSR count). The minimum absolute atomic E-state index is 0.108. The Kier molecular flexibility index (Phi) is 4.20. The molecular weight excluding hydrogens is 347 g/mol. The van der Waals surface area contributed by atoms with Gasteiger partial charge < -0.3 is 15.6 Å². The van der Waals surface area contributed by atoms with E-state index in [1.165, 1.54) is 6.33 Å². The Bertz CT molecular complexity index is 496. The lowest BCUT2D eigenvalue weighted by Gasteiger charge is -2.29. The SMILES string of the molecule is NC(=O)CN(c1nc[nH]c(=O)c1I)C1CCCC1. The fraction of sp³-hybridized carbons (Fsp3) is 0.545. The van der Waals surface area contributed by atoms with Gasteiger partial charge in [-0.25, -0.2) is 4.98 Å². The zero-order valence-electron chi connectivity index (χ0n) is 9.86. The lowest BCUT2D eigenvalue weighted by Crippen LogP contribution is -2.42. The van der Waals surface area contributed by atoms with Gasteiger partial charge in [-0.2, -0.15) is 0 Å². The number of H-pyrrole nitrogens is 1. The summed E-state index contributed by atoms with van der Waals surface area (Å²) in [5.74, 6) is 0.157. The number of primary amides is 1. The van der Waals surface area contributed by atoms with Crippen molar-refractivity contribution in [3.63, 3.8) is 0 Å². The van der Waals surface area contributed by atoms with Gasteiger partial charge in [-0.05, 0) is 35.4 Å². The second-order valence-corrected chi connectivity index (χ2v) is 5.48.